The monoisotopic (exact) mass is 567 g/mol. The van der Waals surface area contributed by atoms with Crippen molar-refractivity contribution >= 4 is 50.2 Å². The predicted molar refractivity (Wildman–Crippen MR) is 132 cm³/mol. The first kappa shape index (κ1) is 29.7. The molecule has 2 rings (SSSR count). The van der Waals surface area contributed by atoms with Crippen LogP contribution in [0.25, 0.3) is 16.3 Å². The van der Waals surface area contributed by atoms with E-state index in [0.29, 0.717) is 12.1 Å². The Morgan fingerprint density at radius 2 is 1.92 bits per heavy atom. The van der Waals surface area contributed by atoms with Crippen LogP contribution in [0.5, 0.6) is 0 Å². The van der Waals surface area contributed by atoms with E-state index in [4.69, 9.17) is 21.7 Å². The summed E-state index contributed by atoms with van der Waals surface area (Å²) in [5.74, 6) is -0.742. The third kappa shape index (κ3) is 8.25. The number of likely N-dealkylation sites (N-methyl/N-ethyl adjacent to an activating group) is 1. The van der Waals surface area contributed by atoms with E-state index < -0.39 is 45.0 Å². The lowest BCUT2D eigenvalue weighted by Gasteiger charge is -2.18. The zero-order valence-corrected chi connectivity index (χ0v) is 22.0. The lowest BCUT2D eigenvalue weighted by Crippen LogP contribution is -2.31. The van der Waals surface area contributed by atoms with E-state index in [1.54, 1.807) is 6.07 Å². The molecule has 2 N–H and O–H groups in total. The summed E-state index contributed by atoms with van der Waals surface area (Å²) in [6, 6.07) is 5.79. The van der Waals surface area contributed by atoms with E-state index in [1.165, 1.54) is 18.2 Å². The molecule has 9 nitrogen and oxygen atoms in total. The van der Waals surface area contributed by atoms with Gasteiger partial charge in [0.2, 0.25) is 0 Å². The first-order chi connectivity index (χ1) is 16.8. The Morgan fingerprint density at radius 1 is 1.25 bits per heavy atom. The van der Waals surface area contributed by atoms with Crippen LogP contribution >= 0.6 is 22.9 Å². The number of ether oxygens (including phenoxy) is 1. The summed E-state index contributed by atoms with van der Waals surface area (Å²) in [5.41, 5.74) is -1.90. The van der Waals surface area contributed by atoms with Crippen LogP contribution in [0, 0.1) is 5.41 Å². The number of hydrogen-bond acceptors (Lipinski definition) is 10. The maximum atomic E-state index is 13.2. The van der Waals surface area contributed by atoms with Crippen molar-refractivity contribution in [2.45, 2.75) is 24.9 Å². The van der Waals surface area contributed by atoms with Gasteiger partial charge in [0.1, 0.15) is 18.2 Å². The van der Waals surface area contributed by atoms with E-state index in [0.717, 1.165) is 30.7 Å². The van der Waals surface area contributed by atoms with Crippen LogP contribution in [0.1, 0.15) is 18.9 Å². The van der Waals surface area contributed by atoms with Gasteiger partial charge in [-0.2, -0.15) is 13.2 Å². The summed E-state index contributed by atoms with van der Waals surface area (Å²) in [4.78, 5) is 14.2. The Morgan fingerprint density at radius 3 is 2.50 bits per heavy atom. The third-order valence-electron chi connectivity index (χ3n) is 4.84. The van der Waals surface area contributed by atoms with Crippen LogP contribution in [0.4, 0.5) is 13.2 Å². The van der Waals surface area contributed by atoms with Gasteiger partial charge in [-0.3, -0.25) is 10.2 Å². The summed E-state index contributed by atoms with van der Waals surface area (Å²) in [6.45, 7) is 5.49. The molecule has 1 heterocycles. The molecule has 2 aromatic rings. The molecule has 0 fully saturated rings. The number of allylic oxidation sites excluding steroid dienone is 1. The van der Waals surface area contributed by atoms with Crippen LogP contribution in [0.15, 0.2) is 34.2 Å². The molecule has 0 spiro atoms. The van der Waals surface area contributed by atoms with Gasteiger partial charge in [-0.1, -0.05) is 48.9 Å². The molecule has 36 heavy (non-hydrogen) atoms. The van der Waals surface area contributed by atoms with Gasteiger partial charge < -0.3 is 15.0 Å². The first-order valence-electron chi connectivity index (χ1n) is 10.6. The SMILES string of the molecule is CCN(CC)CCOC(=O)CN/C(=C(/Cl)C(=N)C(F)(F)F)c1nnc(-c2cccc(S(C)(=O)=O)c2)s1. The lowest BCUT2D eigenvalue weighted by atomic mass is 10.2. The molecule has 1 aromatic carbocycles. The fraction of sp³-hybridized carbons (Fsp3) is 0.429. The topological polar surface area (TPSA) is 125 Å². The number of halogens is 4. The molecule has 0 radical (unpaired) electrons. The minimum Gasteiger partial charge on any atom is -0.463 e. The van der Waals surface area contributed by atoms with Gasteiger partial charge in [-0.25, -0.2) is 8.42 Å². The molecule has 0 atom stereocenters. The number of benzene rings is 1. The van der Waals surface area contributed by atoms with E-state index in [1.807, 2.05) is 18.7 Å². The predicted octanol–water partition coefficient (Wildman–Crippen LogP) is 3.57. The van der Waals surface area contributed by atoms with Crippen molar-refractivity contribution in [2.24, 2.45) is 0 Å². The Hall–Kier alpha value is -2.55. The maximum Gasteiger partial charge on any atom is 0.434 e. The zero-order valence-electron chi connectivity index (χ0n) is 19.6. The average Bonchev–Trinajstić information content (AvgIpc) is 3.30. The molecule has 0 unspecified atom stereocenters. The van der Waals surface area contributed by atoms with E-state index in [-0.39, 0.29) is 21.5 Å². The van der Waals surface area contributed by atoms with E-state index in [2.05, 4.69) is 15.5 Å². The minimum absolute atomic E-state index is 0.0231. The third-order valence-corrected chi connectivity index (χ3v) is 7.32. The molecule has 0 aliphatic heterocycles. The number of aromatic nitrogens is 2. The summed E-state index contributed by atoms with van der Waals surface area (Å²) >= 11 is 6.70. The largest absolute Gasteiger partial charge is 0.463 e. The molecule has 15 heteroatoms. The van der Waals surface area contributed by atoms with Gasteiger partial charge in [0.15, 0.2) is 20.6 Å². The highest BCUT2D eigenvalue weighted by Crippen LogP contribution is 2.32. The Bertz CT molecular complexity index is 1230. The molecular formula is C21H25ClF3N5O4S2. The second kappa shape index (κ2) is 12.6. The summed E-state index contributed by atoms with van der Waals surface area (Å²) in [5, 5.41) is 16.7. The van der Waals surface area contributed by atoms with Crippen LogP contribution < -0.4 is 5.32 Å². The number of carbonyl (C=O) groups is 1. The van der Waals surface area contributed by atoms with E-state index in [9.17, 15) is 26.4 Å². The number of alkyl halides is 3. The van der Waals surface area contributed by atoms with Crippen LogP contribution in [-0.4, -0.2) is 80.4 Å². The van der Waals surface area contributed by atoms with Gasteiger partial charge in [0, 0.05) is 18.4 Å². The fourth-order valence-electron chi connectivity index (χ4n) is 2.84. The van der Waals surface area contributed by atoms with Gasteiger partial charge in [-0.05, 0) is 25.2 Å². The Kier molecular flexibility index (Phi) is 10.4. The normalized spacial score (nSPS) is 12.9. The summed E-state index contributed by atoms with van der Waals surface area (Å²) < 4.78 is 68.3. The molecule has 0 aliphatic carbocycles. The highest BCUT2D eigenvalue weighted by Gasteiger charge is 2.38. The molecule has 0 amide bonds. The molecule has 0 aliphatic rings. The standard InChI is InChI=1S/C21H25ClF3N5O4S2/c1-4-30(5-2)9-10-34-15(31)12-27-17(16(22)18(26)21(23,24)25)20-29-28-19(35-20)13-7-6-8-14(11-13)36(3,32)33/h6-8,11,26-27H,4-5,9-10,12H2,1-3H3/b17-16+,26-18?. The lowest BCUT2D eigenvalue weighted by molar-refractivity contribution is -0.142. The number of esters is 1. The smallest absolute Gasteiger partial charge is 0.434 e. The second-order valence-electron chi connectivity index (χ2n) is 7.38. The van der Waals surface area contributed by atoms with Crippen molar-refractivity contribution in [3.05, 3.63) is 34.3 Å². The number of nitrogens with zero attached hydrogens (tertiary/aromatic N) is 3. The highest BCUT2D eigenvalue weighted by molar-refractivity contribution is 7.90. The van der Waals surface area contributed by atoms with Crippen molar-refractivity contribution in [1.29, 1.82) is 5.41 Å². The quantitative estimate of drug-likeness (QED) is 0.294. The van der Waals surface area contributed by atoms with Gasteiger partial charge in [0.25, 0.3) is 0 Å². The van der Waals surface area contributed by atoms with Crippen LogP contribution in [-0.2, 0) is 19.4 Å². The summed E-state index contributed by atoms with van der Waals surface area (Å²) in [6.07, 6.45) is -4.02. The number of carbonyl (C=O) groups excluding carboxylic acids is 1. The van der Waals surface area contributed by atoms with Gasteiger partial charge in [-0.15, -0.1) is 10.2 Å². The van der Waals surface area contributed by atoms with Crippen molar-refractivity contribution in [3.8, 4) is 10.6 Å². The number of rotatable bonds is 12. The molecule has 0 saturated heterocycles. The molecule has 198 valence electrons. The molecular weight excluding hydrogens is 543 g/mol. The average molecular weight is 568 g/mol. The van der Waals surface area contributed by atoms with E-state index >= 15 is 0 Å². The summed E-state index contributed by atoms with van der Waals surface area (Å²) in [7, 11) is -3.51. The van der Waals surface area contributed by atoms with Gasteiger partial charge >= 0.3 is 12.1 Å². The van der Waals surface area contributed by atoms with Crippen molar-refractivity contribution in [3.63, 3.8) is 0 Å². The first-order valence-corrected chi connectivity index (χ1v) is 13.7. The molecule has 0 saturated carbocycles. The number of hydrogen-bond donors (Lipinski definition) is 2. The molecule has 0 bridgehead atoms. The zero-order chi connectivity index (χ0) is 27.1. The Balaban J connectivity index is 2.30. The number of sulfone groups is 1. The van der Waals surface area contributed by atoms with Crippen LogP contribution in [0.3, 0.4) is 0 Å². The minimum atomic E-state index is -5.05. The molecule has 1 aromatic heterocycles. The van der Waals surface area contributed by atoms with Crippen molar-refractivity contribution in [2.75, 3.05) is 39.0 Å². The van der Waals surface area contributed by atoms with Crippen LogP contribution in [0.2, 0.25) is 0 Å². The maximum absolute atomic E-state index is 13.2. The van der Waals surface area contributed by atoms with Crippen molar-refractivity contribution in [1.82, 2.24) is 20.4 Å². The Labute approximate surface area is 215 Å². The fourth-order valence-corrected chi connectivity index (χ4v) is 4.69. The highest BCUT2D eigenvalue weighted by atomic mass is 35.5. The second-order valence-corrected chi connectivity index (χ2v) is 10.7. The van der Waals surface area contributed by atoms with Gasteiger partial charge in [0.05, 0.1) is 15.6 Å². The number of nitrogens with one attached hydrogen (secondary N) is 2. The van der Waals surface area contributed by atoms with Crippen molar-refractivity contribution < 1.29 is 31.1 Å².